The molecule has 2 amide bonds. The van der Waals surface area contributed by atoms with Gasteiger partial charge in [-0.15, -0.1) is 0 Å². The molecule has 1 atom stereocenters. The van der Waals surface area contributed by atoms with Gasteiger partial charge in [-0.25, -0.2) is 0 Å². The molecule has 1 aromatic heterocycles. The van der Waals surface area contributed by atoms with Crippen LogP contribution in [0.3, 0.4) is 0 Å². The first-order valence-corrected chi connectivity index (χ1v) is 11.5. The molecule has 2 fully saturated rings. The van der Waals surface area contributed by atoms with Gasteiger partial charge in [-0.3, -0.25) is 9.59 Å². The smallest absolute Gasteiger partial charge is 0.254 e. The van der Waals surface area contributed by atoms with Crippen LogP contribution in [0.5, 0.6) is 5.75 Å². The fraction of sp³-hybridized carbons (Fsp3) is 0.385. The molecule has 0 radical (unpaired) electrons. The number of methoxy groups -OCH3 is 1. The molecule has 1 unspecified atom stereocenters. The predicted molar refractivity (Wildman–Crippen MR) is 125 cm³/mol. The molecule has 172 valence electrons. The molecule has 2 heterocycles. The Morgan fingerprint density at radius 2 is 2.00 bits per heavy atom. The third kappa shape index (κ3) is 5.03. The molecule has 1 saturated heterocycles. The summed E-state index contributed by atoms with van der Waals surface area (Å²) in [5, 5.41) is 0.975. The zero-order valence-electron chi connectivity index (χ0n) is 18.8. The SMILES string of the molecule is COc1cccc(CN2CC(OCC3CC3)CN(C(=O)c3ccc4[nH]ccc4c3)CC2=O)c1. The standard InChI is InChI=1S/C26H29N3O4/c1-32-22-4-2-3-19(11-22)13-28-14-23(33-17-18-5-6-18)15-29(16-25(28)30)26(31)21-7-8-24-20(12-21)9-10-27-24/h2-4,7-12,18,23,27H,5-6,13-17H2,1H3. The molecule has 33 heavy (non-hydrogen) atoms. The Balaban J connectivity index is 1.36. The van der Waals surface area contributed by atoms with Gasteiger partial charge in [-0.1, -0.05) is 12.1 Å². The summed E-state index contributed by atoms with van der Waals surface area (Å²) in [6.07, 6.45) is 4.02. The number of H-pyrrole nitrogens is 1. The summed E-state index contributed by atoms with van der Waals surface area (Å²) >= 11 is 0. The van der Waals surface area contributed by atoms with Crippen molar-refractivity contribution in [1.82, 2.24) is 14.8 Å². The Morgan fingerprint density at radius 1 is 1.12 bits per heavy atom. The van der Waals surface area contributed by atoms with Crippen LogP contribution >= 0.6 is 0 Å². The van der Waals surface area contributed by atoms with Crippen molar-refractivity contribution in [3.8, 4) is 5.75 Å². The van der Waals surface area contributed by atoms with Gasteiger partial charge in [0, 0.05) is 48.9 Å². The van der Waals surface area contributed by atoms with Crippen molar-refractivity contribution in [3.05, 3.63) is 65.9 Å². The molecule has 2 aliphatic rings. The highest BCUT2D eigenvalue weighted by molar-refractivity contribution is 5.99. The van der Waals surface area contributed by atoms with E-state index in [-0.39, 0.29) is 24.5 Å². The largest absolute Gasteiger partial charge is 0.497 e. The van der Waals surface area contributed by atoms with Crippen LogP contribution in [0.15, 0.2) is 54.7 Å². The molecule has 5 rings (SSSR count). The van der Waals surface area contributed by atoms with Gasteiger partial charge < -0.3 is 24.3 Å². The van der Waals surface area contributed by atoms with E-state index < -0.39 is 0 Å². The molecule has 1 aliphatic heterocycles. The predicted octanol–water partition coefficient (Wildman–Crippen LogP) is 3.46. The van der Waals surface area contributed by atoms with E-state index in [0.29, 0.717) is 37.7 Å². The van der Waals surface area contributed by atoms with Crippen LogP contribution in [-0.4, -0.2) is 66.1 Å². The maximum atomic E-state index is 13.4. The van der Waals surface area contributed by atoms with Crippen molar-refractivity contribution in [2.75, 3.05) is 33.4 Å². The summed E-state index contributed by atoms with van der Waals surface area (Å²) in [6.45, 7) is 2.04. The number of aromatic amines is 1. The first kappa shape index (κ1) is 21.5. The first-order valence-electron chi connectivity index (χ1n) is 11.5. The van der Waals surface area contributed by atoms with Gasteiger partial charge in [0.25, 0.3) is 5.91 Å². The van der Waals surface area contributed by atoms with Crippen LogP contribution in [0.25, 0.3) is 10.9 Å². The van der Waals surface area contributed by atoms with E-state index in [2.05, 4.69) is 4.98 Å². The highest BCUT2D eigenvalue weighted by Gasteiger charge is 2.33. The molecule has 0 bridgehead atoms. The molecule has 1 aliphatic carbocycles. The molecule has 1 saturated carbocycles. The summed E-state index contributed by atoms with van der Waals surface area (Å²) < 4.78 is 11.5. The lowest BCUT2D eigenvalue weighted by Crippen LogP contribution is -2.39. The molecule has 0 spiro atoms. The first-order chi connectivity index (χ1) is 16.1. The van der Waals surface area contributed by atoms with E-state index in [1.165, 1.54) is 12.8 Å². The molecule has 3 aromatic rings. The van der Waals surface area contributed by atoms with Crippen molar-refractivity contribution < 1.29 is 19.1 Å². The Morgan fingerprint density at radius 3 is 2.82 bits per heavy atom. The molecular weight excluding hydrogens is 418 g/mol. The van der Waals surface area contributed by atoms with Gasteiger partial charge >= 0.3 is 0 Å². The minimum absolute atomic E-state index is 0.0390. The van der Waals surface area contributed by atoms with E-state index in [4.69, 9.17) is 9.47 Å². The van der Waals surface area contributed by atoms with E-state index in [0.717, 1.165) is 22.2 Å². The van der Waals surface area contributed by atoms with E-state index in [1.54, 1.807) is 16.9 Å². The van der Waals surface area contributed by atoms with Crippen LogP contribution < -0.4 is 4.74 Å². The van der Waals surface area contributed by atoms with E-state index >= 15 is 0 Å². The summed E-state index contributed by atoms with van der Waals surface area (Å²) in [5.41, 5.74) is 2.55. The highest BCUT2D eigenvalue weighted by Crippen LogP contribution is 2.29. The zero-order valence-corrected chi connectivity index (χ0v) is 18.8. The minimum atomic E-state index is -0.220. The second-order valence-corrected chi connectivity index (χ2v) is 8.99. The van der Waals surface area contributed by atoms with Crippen LogP contribution in [0.1, 0.15) is 28.8 Å². The lowest BCUT2D eigenvalue weighted by molar-refractivity contribution is -0.132. The quantitative estimate of drug-likeness (QED) is 0.602. The summed E-state index contributed by atoms with van der Waals surface area (Å²) in [5.74, 6) is 1.14. The van der Waals surface area contributed by atoms with E-state index in [1.807, 2.05) is 54.7 Å². The summed E-state index contributed by atoms with van der Waals surface area (Å²) in [7, 11) is 1.63. The average Bonchev–Trinajstić information content (AvgIpc) is 3.57. The zero-order chi connectivity index (χ0) is 22.8. The topological polar surface area (TPSA) is 74.9 Å². The Kier molecular flexibility index (Phi) is 6.05. The number of aromatic nitrogens is 1. The monoisotopic (exact) mass is 447 g/mol. The van der Waals surface area contributed by atoms with Crippen molar-refractivity contribution in [2.45, 2.75) is 25.5 Å². The van der Waals surface area contributed by atoms with Crippen molar-refractivity contribution in [2.24, 2.45) is 5.92 Å². The van der Waals surface area contributed by atoms with Crippen molar-refractivity contribution in [1.29, 1.82) is 0 Å². The molecule has 7 nitrogen and oxygen atoms in total. The number of benzene rings is 2. The number of hydrogen-bond donors (Lipinski definition) is 1. The molecular formula is C26H29N3O4. The number of hydrogen-bond acceptors (Lipinski definition) is 4. The number of amides is 2. The van der Waals surface area contributed by atoms with Gasteiger partial charge in [-0.05, 0) is 60.7 Å². The van der Waals surface area contributed by atoms with Gasteiger partial charge in [0.05, 0.1) is 13.2 Å². The summed E-state index contributed by atoms with van der Waals surface area (Å²) in [4.78, 5) is 33.2. The number of ether oxygens (including phenoxy) is 2. The minimum Gasteiger partial charge on any atom is -0.497 e. The Labute approximate surface area is 193 Å². The Hall–Kier alpha value is -3.32. The van der Waals surface area contributed by atoms with Gasteiger partial charge in [-0.2, -0.15) is 0 Å². The van der Waals surface area contributed by atoms with Crippen LogP contribution in [0.2, 0.25) is 0 Å². The Bertz CT molecular complexity index is 1150. The van der Waals surface area contributed by atoms with Gasteiger partial charge in [0.15, 0.2) is 0 Å². The third-order valence-electron chi connectivity index (χ3n) is 6.39. The summed E-state index contributed by atoms with van der Waals surface area (Å²) in [6, 6.07) is 15.3. The number of nitrogens with one attached hydrogen (secondary N) is 1. The number of rotatable bonds is 7. The fourth-order valence-electron chi connectivity index (χ4n) is 4.31. The van der Waals surface area contributed by atoms with Gasteiger partial charge in [0.2, 0.25) is 5.91 Å². The average molecular weight is 448 g/mol. The number of fused-ring (bicyclic) bond motifs is 1. The molecule has 2 aromatic carbocycles. The van der Waals surface area contributed by atoms with E-state index in [9.17, 15) is 9.59 Å². The lowest BCUT2D eigenvalue weighted by atomic mass is 10.1. The highest BCUT2D eigenvalue weighted by atomic mass is 16.5. The number of carbonyl (C=O) groups is 2. The number of nitrogens with zero attached hydrogens (tertiary/aromatic N) is 2. The lowest BCUT2D eigenvalue weighted by Gasteiger charge is -2.25. The second-order valence-electron chi connectivity index (χ2n) is 8.99. The van der Waals surface area contributed by atoms with Crippen molar-refractivity contribution in [3.63, 3.8) is 0 Å². The maximum Gasteiger partial charge on any atom is 0.254 e. The maximum absolute atomic E-state index is 13.4. The van der Waals surface area contributed by atoms with Crippen LogP contribution in [-0.2, 0) is 16.1 Å². The van der Waals surface area contributed by atoms with Crippen LogP contribution in [0, 0.1) is 5.92 Å². The third-order valence-corrected chi connectivity index (χ3v) is 6.39. The normalized spacial score (nSPS) is 19.1. The number of carbonyl (C=O) groups excluding carboxylic acids is 2. The van der Waals surface area contributed by atoms with Crippen LogP contribution in [0.4, 0.5) is 0 Å². The molecule has 1 N–H and O–H groups in total. The second kappa shape index (κ2) is 9.27. The molecule has 7 heteroatoms. The fourth-order valence-corrected chi connectivity index (χ4v) is 4.31. The van der Waals surface area contributed by atoms with Gasteiger partial charge in [0.1, 0.15) is 12.3 Å². The van der Waals surface area contributed by atoms with Crippen molar-refractivity contribution >= 4 is 22.7 Å².